The first kappa shape index (κ1) is 13.1. The Labute approximate surface area is 109 Å². The van der Waals surface area contributed by atoms with Crippen LogP contribution in [0.1, 0.15) is 35.7 Å². The van der Waals surface area contributed by atoms with Crippen molar-refractivity contribution in [1.82, 2.24) is 5.32 Å². The zero-order chi connectivity index (χ0) is 13.2. The number of hydrogen-bond acceptors (Lipinski definition) is 3. The van der Waals surface area contributed by atoms with Crippen LogP contribution in [0.3, 0.4) is 0 Å². The van der Waals surface area contributed by atoms with Crippen molar-refractivity contribution in [1.29, 1.82) is 0 Å². The van der Waals surface area contributed by atoms with E-state index in [0.29, 0.717) is 5.75 Å². The minimum atomic E-state index is -0.186. The number of aryl methyl sites for hydroxylation is 1. The maximum absolute atomic E-state index is 12.6. The average molecular weight is 247 g/mol. The lowest BCUT2D eigenvalue weighted by Gasteiger charge is -2.16. The molecule has 0 saturated heterocycles. The number of carbonyl (C=O) groups is 1. The summed E-state index contributed by atoms with van der Waals surface area (Å²) in [6.45, 7) is 2.85. The van der Waals surface area contributed by atoms with E-state index in [4.69, 9.17) is 4.74 Å². The number of carbonyl (C=O) groups excluding carboxylic acids is 1. The molecule has 0 radical (unpaired) electrons. The lowest BCUT2D eigenvalue weighted by Crippen LogP contribution is -2.28. The molecule has 1 aromatic carbocycles. The van der Waals surface area contributed by atoms with E-state index >= 15 is 0 Å². The van der Waals surface area contributed by atoms with Gasteiger partial charge in [-0.1, -0.05) is 13.0 Å². The molecule has 0 heterocycles. The molecule has 0 aliphatic heterocycles. The summed E-state index contributed by atoms with van der Waals surface area (Å²) in [4.78, 5) is 12.6. The van der Waals surface area contributed by atoms with Gasteiger partial charge in [0, 0.05) is 12.0 Å². The van der Waals surface area contributed by atoms with Crippen LogP contribution in [0.4, 0.5) is 0 Å². The Morgan fingerprint density at radius 2 is 2.17 bits per heavy atom. The summed E-state index contributed by atoms with van der Waals surface area (Å²) in [5, 5.41) is 3.13. The normalized spacial score (nSPS) is 16.4. The van der Waals surface area contributed by atoms with Gasteiger partial charge in [0.05, 0.1) is 12.7 Å². The SMILES string of the molecule is CCc1ccc(OC)c(C(=O)C2(CNC)CC2)c1. The fraction of sp³-hybridized carbons (Fsp3) is 0.533. The van der Waals surface area contributed by atoms with Gasteiger partial charge in [0.2, 0.25) is 0 Å². The Balaban J connectivity index is 2.34. The molecule has 2 rings (SSSR count). The molecule has 1 aliphatic rings. The van der Waals surface area contributed by atoms with Crippen LogP contribution in [0.15, 0.2) is 18.2 Å². The van der Waals surface area contributed by atoms with Gasteiger partial charge in [0.25, 0.3) is 0 Å². The average Bonchev–Trinajstić information content (AvgIpc) is 3.18. The number of benzene rings is 1. The number of ether oxygens (including phenoxy) is 1. The Kier molecular flexibility index (Phi) is 3.71. The van der Waals surface area contributed by atoms with Crippen LogP contribution in [0.25, 0.3) is 0 Å². The van der Waals surface area contributed by atoms with E-state index in [1.165, 1.54) is 5.56 Å². The zero-order valence-electron chi connectivity index (χ0n) is 11.4. The van der Waals surface area contributed by atoms with Crippen LogP contribution < -0.4 is 10.1 Å². The van der Waals surface area contributed by atoms with E-state index in [1.807, 2.05) is 25.2 Å². The third-order valence-corrected chi connectivity index (χ3v) is 3.77. The second-order valence-electron chi connectivity index (χ2n) is 5.03. The van der Waals surface area contributed by atoms with Gasteiger partial charge in [-0.15, -0.1) is 0 Å². The van der Waals surface area contributed by atoms with Gasteiger partial charge in [-0.25, -0.2) is 0 Å². The minimum Gasteiger partial charge on any atom is -0.496 e. The van der Waals surface area contributed by atoms with Gasteiger partial charge < -0.3 is 10.1 Å². The Morgan fingerprint density at radius 3 is 2.67 bits per heavy atom. The van der Waals surface area contributed by atoms with E-state index in [1.54, 1.807) is 7.11 Å². The van der Waals surface area contributed by atoms with Crippen molar-refractivity contribution in [3.8, 4) is 5.75 Å². The summed E-state index contributed by atoms with van der Waals surface area (Å²) in [5.41, 5.74) is 1.73. The van der Waals surface area contributed by atoms with E-state index < -0.39 is 0 Å². The van der Waals surface area contributed by atoms with Crippen molar-refractivity contribution in [2.75, 3.05) is 20.7 Å². The van der Waals surface area contributed by atoms with E-state index in [-0.39, 0.29) is 11.2 Å². The van der Waals surface area contributed by atoms with E-state index in [0.717, 1.165) is 31.4 Å². The molecular formula is C15H21NO2. The second kappa shape index (κ2) is 5.11. The molecule has 1 saturated carbocycles. The third kappa shape index (κ3) is 2.27. The van der Waals surface area contributed by atoms with Crippen molar-refractivity contribution < 1.29 is 9.53 Å². The van der Waals surface area contributed by atoms with E-state index in [2.05, 4.69) is 12.2 Å². The molecule has 1 aliphatic carbocycles. The van der Waals surface area contributed by atoms with Gasteiger partial charge in [0.15, 0.2) is 5.78 Å². The van der Waals surface area contributed by atoms with Gasteiger partial charge in [-0.2, -0.15) is 0 Å². The van der Waals surface area contributed by atoms with Crippen LogP contribution >= 0.6 is 0 Å². The fourth-order valence-electron chi connectivity index (χ4n) is 2.41. The first-order chi connectivity index (χ1) is 8.66. The quantitative estimate of drug-likeness (QED) is 0.785. The molecule has 98 valence electrons. The lowest BCUT2D eigenvalue weighted by molar-refractivity contribution is 0.0897. The maximum Gasteiger partial charge on any atom is 0.174 e. The van der Waals surface area contributed by atoms with E-state index in [9.17, 15) is 4.79 Å². The number of Topliss-reactive ketones (excluding diaryl/α,β-unsaturated/α-hetero) is 1. The number of rotatable bonds is 6. The highest BCUT2D eigenvalue weighted by molar-refractivity contribution is 6.04. The minimum absolute atomic E-state index is 0.186. The van der Waals surface area contributed by atoms with Crippen molar-refractivity contribution in [3.05, 3.63) is 29.3 Å². The monoisotopic (exact) mass is 247 g/mol. The number of ketones is 1. The zero-order valence-corrected chi connectivity index (χ0v) is 11.4. The Hall–Kier alpha value is -1.35. The molecule has 18 heavy (non-hydrogen) atoms. The molecule has 0 unspecified atom stereocenters. The molecule has 3 nitrogen and oxygen atoms in total. The summed E-state index contributed by atoms with van der Waals surface area (Å²) < 4.78 is 5.33. The smallest absolute Gasteiger partial charge is 0.174 e. The van der Waals surface area contributed by atoms with Crippen molar-refractivity contribution in [2.24, 2.45) is 5.41 Å². The Morgan fingerprint density at radius 1 is 1.44 bits per heavy atom. The summed E-state index contributed by atoms with van der Waals surface area (Å²) in [5.74, 6) is 0.920. The molecule has 0 spiro atoms. The number of hydrogen-bond donors (Lipinski definition) is 1. The topological polar surface area (TPSA) is 38.3 Å². The third-order valence-electron chi connectivity index (χ3n) is 3.77. The molecule has 0 atom stereocenters. The predicted molar refractivity (Wildman–Crippen MR) is 72.3 cm³/mol. The first-order valence-electron chi connectivity index (χ1n) is 6.53. The van der Waals surface area contributed by atoms with Gasteiger partial charge in [0.1, 0.15) is 5.75 Å². The molecule has 3 heteroatoms. The predicted octanol–water partition coefficient (Wildman–Crippen LogP) is 2.44. The van der Waals surface area contributed by atoms with Crippen molar-refractivity contribution >= 4 is 5.78 Å². The van der Waals surface area contributed by atoms with Crippen LogP contribution in [0.5, 0.6) is 5.75 Å². The van der Waals surface area contributed by atoms with Crippen LogP contribution in [0.2, 0.25) is 0 Å². The summed E-state index contributed by atoms with van der Waals surface area (Å²) in [7, 11) is 3.52. The first-order valence-corrected chi connectivity index (χ1v) is 6.53. The molecule has 0 aromatic heterocycles. The van der Waals surface area contributed by atoms with Crippen molar-refractivity contribution in [2.45, 2.75) is 26.2 Å². The largest absolute Gasteiger partial charge is 0.496 e. The van der Waals surface area contributed by atoms with Gasteiger partial charge in [-0.3, -0.25) is 4.79 Å². The summed E-state index contributed by atoms with van der Waals surface area (Å²) in [6, 6.07) is 5.91. The van der Waals surface area contributed by atoms with Gasteiger partial charge >= 0.3 is 0 Å². The summed E-state index contributed by atoms with van der Waals surface area (Å²) >= 11 is 0. The second-order valence-corrected chi connectivity index (χ2v) is 5.03. The van der Waals surface area contributed by atoms with Crippen LogP contribution in [-0.2, 0) is 6.42 Å². The molecule has 0 bridgehead atoms. The number of nitrogens with one attached hydrogen (secondary N) is 1. The van der Waals surface area contributed by atoms with Gasteiger partial charge in [-0.05, 0) is 44.0 Å². The maximum atomic E-state index is 12.6. The highest BCUT2D eigenvalue weighted by Gasteiger charge is 2.49. The molecule has 1 fully saturated rings. The lowest BCUT2D eigenvalue weighted by atomic mass is 9.92. The molecular weight excluding hydrogens is 226 g/mol. The molecule has 1 N–H and O–H groups in total. The fourth-order valence-corrected chi connectivity index (χ4v) is 2.41. The molecule has 1 aromatic rings. The van der Waals surface area contributed by atoms with Crippen molar-refractivity contribution in [3.63, 3.8) is 0 Å². The standard InChI is InChI=1S/C15H21NO2/c1-4-11-5-6-13(18-3)12(9-11)14(17)15(7-8-15)10-16-2/h5-6,9,16H,4,7-8,10H2,1-3H3. The number of methoxy groups -OCH3 is 1. The van der Waals surface area contributed by atoms with Crippen LogP contribution in [0, 0.1) is 5.41 Å². The Bertz CT molecular complexity index is 450. The molecule has 0 amide bonds. The van der Waals surface area contributed by atoms with Crippen LogP contribution in [-0.4, -0.2) is 26.5 Å². The highest BCUT2D eigenvalue weighted by atomic mass is 16.5. The highest BCUT2D eigenvalue weighted by Crippen LogP contribution is 2.48. The summed E-state index contributed by atoms with van der Waals surface area (Å²) in [6.07, 6.45) is 2.89.